The second-order valence-corrected chi connectivity index (χ2v) is 16.0. The molecular formula is C42H49FN8O4. The lowest BCUT2D eigenvalue weighted by Crippen LogP contribution is -2.51. The number of piperidine rings is 3. The number of likely N-dealkylation sites (tertiary alicyclic amines) is 1. The Balaban J connectivity index is 1.05. The number of carbonyl (C=O) groups excluding carboxylic acids is 3. The zero-order valence-corrected chi connectivity index (χ0v) is 31.6. The van der Waals surface area contributed by atoms with Crippen molar-refractivity contribution >= 4 is 40.4 Å². The Kier molecular flexibility index (Phi) is 10.3. The average molecular weight is 749 g/mol. The fraction of sp³-hybridized carbons (Fsp3) is 0.500. The van der Waals surface area contributed by atoms with Crippen molar-refractivity contribution in [2.24, 2.45) is 0 Å². The van der Waals surface area contributed by atoms with E-state index < -0.39 is 11.6 Å². The molecule has 3 atom stereocenters. The smallest absolute Gasteiger partial charge is 0.263 e. The minimum atomic E-state index is -1.47. The van der Waals surface area contributed by atoms with Gasteiger partial charge >= 0.3 is 0 Å². The number of carbonyl (C=O) groups is 3. The largest absolute Gasteiger partial charge is 0.317 e. The summed E-state index contributed by atoms with van der Waals surface area (Å²) in [5, 5.41) is 9.80. The number of amides is 2. The number of aryl methyl sites for hydroxylation is 1. The molecule has 13 heteroatoms. The van der Waals surface area contributed by atoms with E-state index in [1.807, 2.05) is 42.6 Å². The fourth-order valence-corrected chi connectivity index (χ4v) is 9.49. The normalized spacial score (nSPS) is 24.3. The zero-order valence-electron chi connectivity index (χ0n) is 31.6. The number of ketones is 1. The van der Waals surface area contributed by atoms with Crippen LogP contribution in [-0.2, 0) is 16.0 Å². The van der Waals surface area contributed by atoms with Gasteiger partial charge in [-0.3, -0.25) is 34.0 Å². The molecule has 6 heterocycles. The van der Waals surface area contributed by atoms with Gasteiger partial charge in [0.25, 0.3) is 5.56 Å². The highest BCUT2D eigenvalue weighted by atomic mass is 19.1. The minimum Gasteiger partial charge on any atom is -0.317 e. The third kappa shape index (κ3) is 7.56. The predicted molar refractivity (Wildman–Crippen MR) is 207 cm³/mol. The number of hydrogen-bond donors (Lipinski definition) is 3. The average Bonchev–Trinajstić information content (AvgIpc) is 3.70. The van der Waals surface area contributed by atoms with Crippen molar-refractivity contribution in [2.75, 3.05) is 25.0 Å². The first-order valence-electron chi connectivity index (χ1n) is 19.8. The molecule has 3 N–H and O–H groups in total. The molecule has 0 spiro atoms. The molecule has 8 rings (SSSR count). The van der Waals surface area contributed by atoms with Crippen LogP contribution in [0.5, 0.6) is 0 Å². The summed E-state index contributed by atoms with van der Waals surface area (Å²) >= 11 is 0. The third-order valence-corrected chi connectivity index (χ3v) is 12.3. The number of rotatable bonds is 9. The SMILES string of the molecule is CC(=O)c1c(C)c2cnc(Nc3ccc([C@H]4CC(F)(Cc5cccc(C6CCC(=O)NC6=O)c5)CCN4C4CCNCC4)cn3)nc2n(C2CCCC2)c1=O. The number of pyridine rings is 2. The van der Waals surface area contributed by atoms with Gasteiger partial charge in [0.15, 0.2) is 5.78 Å². The number of imide groups is 1. The lowest BCUT2D eigenvalue weighted by atomic mass is 9.79. The first-order valence-corrected chi connectivity index (χ1v) is 19.8. The summed E-state index contributed by atoms with van der Waals surface area (Å²) in [6.07, 6.45) is 10.9. The first kappa shape index (κ1) is 37.1. The fourth-order valence-electron chi connectivity index (χ4n) is 9.49. The molecule has 288 valence electrons. The third-order valence-electron chi connectivity index (χ3n) is 12.3. The van der Waals surface area contributed by atoms with Crippen molar-refractivity contribution in [2.45, 2.75) is 114 Å². The number of anilines is 2. The van der Waals surface area contributed by atoms with Crippen molar-refractivity contribution in [3.8, 4) is 0 Å². The molecule has 1 saturated carbocycles. The van der Waals surface area contributed by atoms with Crippen LogP contribution in [0.1, 0.15) is 122 Å². The number of fused-ring (bicyclic) bond motifs is 1. The van der Waals surface area contributed by atoms with E-state index in [2.05, 4.69) is 25.8 Å². The van der Waals surface area contributed by atoms with Gasteiger partial charge in [-0.05, 0) is 93.8 Å². The quantitative estimate of drug-likeness (QED) is 0.139. The summed E-state index contributed by atoms with van der Waals surface area (Å²) in [7, 11) is 0. The Bertz CT molecular complexity index is 2180. The van der Waals surface area contributed by atoms with Crippen molar-refractivity contribution < 1.29 is 18.8 Å². The topological polar surface area (TPSA) is 151 Å². The van der Waals surface area contributed by atoms with Crippen LogP contribution in [0.25, 0.3) is 11.0 Å². The van der Waals surface area contributed by atoms with Gasteiger partial charge in [-0.2, -0.15) is 4.98 Å². The Morgan fingerprint density at radius 3 is 2.51 bits per heavy atom. The lowest BCUT2D eigenvalue weighted by molar-refractivity contribution is -0.134. The van der Waals surface area contributed by atoms with Gasteiger partial charge in [0, 0.05) is 61.7 Å². The molecule has 3 aromatic heterocycles. The molecule has 3 aliphatic heterocycles. The van der Waals surface area contributed by atoms with Crippen LogP contribution in [0.2, 0.25) is 0 Å². The predicted octanol–water partition coefficient (Wildman–Crippen LogP) is 5.92. The molecule has 0 radical (unpaired) electrons. The minimum absolute atomic E-state index is 0.0239. The highest BCUT2D eigenvalue weighted by molar-refractivity contribution is 6.01. The molecule has 4 fully saturated rings. The molecule has 4 aliphatic rings. The zero-order chi connectivity index (χ0) is 38.3. The van der Waals surface area contributed by atoms with Gasteiger partial charge in [-0.15, -0.1) is 0 Å². The number of nitrogens with one attached hydrogen (secondary N) is 3. The number of Topliss-reactive ketones (excluding diaryl/α,β-unsaturated/α-hetero) is 1. The van der Waals surface area contributed by atoms with Gasteiger partial charge in [0.2, 0.25) is 17.8 Å². The van der Waals surface area contributed by atoms with E-state index in [0.29, 0.717) is 66.6 Å². The van der Waals surface area contributed by atoms with Crippen molar-refractivity contribution in [1.82, 2.24) is 35.1 Å². The van der Waals surface area contributed by atoms with E-state index in [1.165, 1.54) is 6.92 Å². The maximum Gasteiger partial charge on any atom is 0.263 e. The van der Waals surface area contributed by atoms with Crippen LogP contribution in [0.15, 0.2) is 53.6 Å². The monoisotopic (exact) mass is 748 g/mol. The Morgan fingerprint density at radius 1 is 0.982 bits per heavy atom. The molecule has 3 saturated heterocycles. The number of aromatic nitrogens is 4. The molecule has 1 aliphatic carbocycles. The van der Waals surface area contributed by atoms with Gasteiger partial charge in [-0.25, -0.2) is 14.4 Å². The van der Waals surface area contributed by atoms with E-state index in [4.69, 9.17) is 9.97 Å². The Labute approximate surface area is 319 Å². The number of nitrogens with zero attached hydrogens (tertiary/aromatic N) is 5. The van der Waals surface area contributed by atoms with Crippen molar-refractivity contribution in [3.63, 3.8) is 0 Å². The molecular weight excluding hydrogens is 700 g/mol. The lowest BCUT2D eigenvalue weighted by Gasteiger charge is -2.47. The van der Waals surface area contributed by atoms with Gasteiger partial charge in [0.05, 0.1) is 11.5 Å². The van der Waals surface area contributed by atoms with Crippen LogP contribution >= 0.6 is 0 Å². The molecule has 1 aromatic carbocycles. The molecule has 4 aromatic rings. The number of benzene rings is 1. The summed E-state index contributed by atoms with van der Waals surface area (Å²) in [6, 6.07) is 11.6. The van der Waals surface area contributed by atoms with E-state index in [1.54, 1.807) is 17.7 Å². The molecule has 12 nitrogen and oxygen atoms in total. The van der Waals surface area contributed by atoms with E-state index in [9.17, 15) is 19.2 Å². The summed E-state index contributed by atoms with van der Waals surface area (Å²) in [6.45, 7) is 5.69. The second-order valence-electron chi connectivity index (χ2n) is 16.0. The second kappa shape index (κ2) is 15.3. The Hall–Kier alpha value is -4.88. The maximum absolute atomic E-state index is 17.1. The van der Waals surface area contributed by atoms with Crippen LogP contribution in [0.3, 0.4) is 0 Å². The summed E-state index contributed by atoms with van der Waals surface area (Å²) in [5.41, 5.74) is 2.12. The first-order chi connectivity index (χ1) is 26.6. The van der Waals surface area contributed by atoms with Crippen molar-refractivity contribution in [1.29, 1.82) is 0 Å². The number of alkyl halides is 1. The summed E-state index contributed by atoms with van der Waals surface area (Å²) in [5.74, 6) is -0.399. The number of hydrogen-bond acceptors (Lipinski definition) is 10. The van der Waals surface area contributed by atoms with E-state index in [-0.39, 0.29) is 47.2 Å². The summed E-state index contributed by atoms with van der Waals surface area (Å²) in [4.78, 5) is 67.1. The highest BCUT2D eigenvalue weighted by Gasteiger charge is 2.43. The van der Waals surface area contributed by atoms with E-state index >= 15 is 4.39 Å². The van der Waals surface area contributed by atoms with Crippen LogP contribution in [0.4, 0.5) is 16.2 Å². The molecule has 2 amide bonds. The molecule has 0 bridgehead atoms. The molecule has 55 heavy (non-hydrogen) atoms. The highest BCUT2D eigenvalue weighted by Crippen LogP contribution is 2.43. The standard InChI is InChI=1S/C42H49FN8O4/c1-25-33-24-46-41(49-38(33)51(31-8-3-4-9-31)40(55)37(25)26(2)52)47-35-12-10-29(23-45-35)34-22-42(43,16-19-50(34)30-14-17-44-18-15-30)21-27-6-5-7-28(20-27)32-11-13-36(53)48-39(32)54/h5-7,10,12,20,23-24,30-32,34,44H,3-4,8-9,11,13-19,21-22H2,1-2H3,(H,48,53,54)(H,45,46,47,49)/t32?,34-,42?/m1/s1. The van der Waals surface area contributed by atoms with Crippen molar-refractivity contribution in [3.05, 3.63) is 87.0 Å². The Morgan fingerprint density at radius 2 is 1.78 bits per heavy atom. The van der Waals surface area contributed by atoms with Gasteiger partial charge < -0.3 is 10.6 Å². The molecule has 2 unspecified atom stereocenters. The summed E-state index contributed by atoms with van der Waals surface area (Å²) < 4.78 is 18.8. The van der Waals surface area contributed by atoms with Gasteiger partial charge in [0.1, 0.15) is 17.1 Å². The maximum atomic E-state index is 17.1. The number of halogens is 1. The van der Waals surface area contributed by atoms with Crippen LogP contribution in [-0.4, -0.2) is 73.4 Å². The van der Waals surface area contributed by atoms with E-state index in [0.717, 1.165) is 68.3 Å². The van der Waals surface area contributed by atoms with Crippen LogP contribution in [0, 0.1) is 6.92 Å². The van der Waals surface area contributed by atoms with Crippen LogP contribution < -0.4 is 21.5 Å². The van der Waals surface area contributed by atoms with Gasteiger partial charge in [-0.1, -0.05) is 43.2 Å².